The fourth-order valence-electron chi connectivity index (χ4n) is 2.14. The Bertz CT molecular complexity index is 794. The van der Waals surface area contributed by atoms with Gasteiger partial charge in [0.1, 0.15) is 0 Å². The molecule has 3 aromatic rings. The SMILES string of the molecule is CCOc1cc(C(F)(F)F)nn1Cc1ccc(-n2cccn2)nc1. The van der Waals surface area contributed by atoms with Crippen LogP contribution in [0, 0.1) is 0 Å². The number of nitrogens with zero attached hydrogens (tertiary/aromatic N) is 5. The summed E-state index contributed by atoms with van der Waals surface area (Å²) in [6.07, 6.45) is 0.436. The van der Waals surface area contributed by atoms with Gasteiger partial charge in [-0.3, -0.25) is 0 Å². The van der Waals surface area contributed by atoms with Crippen molar-refractivity contribution >= 4 is 0 Å². The van der Waals surface area contributed by atoms with Gasteiger partial charge in [0, 0.05) is 24.7 Å². The maximum absolute atomic E-state index is 12.8. The van der Waals surface area contributed by atoms with Crippen LogP contribution in [0.2, 0.25) is 0 Å². The van der Waals surface area contributed by atoms with Crippen molar-refractivity contribution in [2.75, 3.05) is 6.61 Å². The van der Waals surface area contributed by atoms with Crippen molar-refractivity contribution in [2.24, 2.45) is 0 Å². The number of rotatable bonds is 5. The zero-order chi connectivity index (χ0) is 17.2. The second-order valence-corrected chi connectivity index (χ2v) is 4.93. The van der Waals surface area contributed by atoms with Crippen molar-refractivity contribution in [3.8, 4) is 11.7 Å². The first kappa shape index (κ1) is 16.0. The summed E-state index contributed by atoms with van der Waals surface area (Å²) in [4.78, 5) is 4.24. The summed E-state index contributed by atoms with van der Waals surface area (Å²) >= 11 is 0. The third-order valence-corrected chi connectivity index (χ3v) is 3.21. The third-order valence-electron chi connectivity index (χ3n) is 3.21. The van der Waals surface area contributed by atoms with E-state index in [4.69, 9.17) is 4.74 Å². The minimum absolute atomic E-state index is 0.0703. The number of pyridine rings is 1. The van der Waals surface area contributed by atoms with Crippen LogP contribution in [-0.2, 0) is 12.7 Å². The molecule has 0 aliphatic rings. The molecule has 3 aromatic heterocycles. The van der Waals surface area contributed by atoms with Gasteiger partial charge in [-0.25, -0.2) is 14.3 Å². The molecule has 9 heteroatoms. The molecular formula is C15H14F3N5O. The van der Waals surface area contributed by atoms with Gasteiger partial charge in [-0.2, -0.15) is 23.4 Å². The van der Waals surface area contributed by atoms with Gasteiger partial charge in [-0.05, 0) is 24.6 Å². The van der Waals surface area contributed by atoms with Crippen LogP contribution in [-0.4, -0.2) is 31.2 Å². The van der Waals surface area contributed by atoms with Gasteiger partial charge in [-0.1, -0.05) is 6.07 Å². The lowest BCUT2D eigenvalue weighted by molar-refractivity contribution is -0.141. The standard InChI is InChI=1S/C15H14F3N5O/c1-2-24-14-8-12(15(16,17)18)21-23(14)10-11-4-5-13(19-9-11)22-7-3-6-20-22/h3-9H,2,10H2,1H3. The van der Waals surface area contributed by atoms with Crippen molar-refractivity contribution in [1.29, 1.82) is 0 Å². The van der Waals surface area contributed by atoms with Crippen molar-refractivity contribution < 1.29 is 17.9 Å². The number of hydrogen-bond donors (Lipinski definition) is 0. The number of hydrogen-bond acceptors (Lipinski definition) is 4. The quantitative estimate of drug-likeness (QED) is 0.718. The number of ether oxygens (including phenoxy) is 1. The second kappa shape index (κ2) is 6.34. The Kier molecular flexibility index (Phi) is 4.24. The molecule has 0 saturated carbocycles. The first-order chi connectivity index (χ1) is 11.5. The Morgan fingerprint density at radius 2 is 2.08 bits per heavy atom. The summed E-state index contributed by atoms with van der Waals surface area (Å²) in [7, 11) is 0. The van der Waals surface area contributed by atoms with Gasteiger partial charge in [0.25, 0.3) is 0 Å². The molecule has 0 fully saturated rings. The molecule has 0 spiro atoms. The Balaban J connectivity index is 1.83. The molecule has 0 aliphatic carbocycles. The van der Waals surface area contributed by atoms with E-state index in [-0.39, 0.29) is 19.0 Å². The summed E-state index contributed by atoms with van der Waals surface area (Å²) < 4.78 is 46.5. The van der Waals surface area contributed by atoms with Gasteiger partial charge < -0.3 is 4.74 Å². The molecule has 0 unspecified atom stereocenters. The fourth-order valence-corrected chi connectivity index (χ4v) is 2.14. The topological polar surface area (TPSA) is 57.8 Å². The van der Waals surface area contributed by atoms with E-state index in [1.165, 1.54) is 4.68 Å². The Hall–Kier alpha value is -2.84. The lowest BCUT2D eigenvalue weighted by Gasteiger charge is -2.08. The molecule has 0 atom stereocenters. The van der Waals surface area contributed by atoms with Crippen LogP contribution in [0.15, 0.2) is 42.9 Å². The average Bonchev–Trinajstić information content (AvgIpc) is 3.19. The fraction of sp³-hybridized carbons (Fsp3) is 0.267. The molecule has 0 aliphatic heterocycles. The highest BCUT2D eigenvalue weighted by Gasteiger charge is 2.35. The van der Waals surface area contributed by atoms with E-state index in [0.717, 1.165) is 6.07 Å². The maximum atomic E-state index is 12.8. The van der Waals surface area contributed by atoms with Gasteiger partial charge >= 0.3 is 6.18 Å². The lowest BCUT2D eigenvalue weighted by Crippen LogP contribution is -2.10. The van der Waals surface area contributed by atoms with Crippen LogP contribution in [0.1, 0.15) is 18.2 Å². The van der Waals surface area contributed by atoms with Crippen LogP contribution in [0.4, 0.5) is 13.2 Å². The lowest BCUT2D eigenvalue weighted by atomic mass is 10.3. The summed E-state index contributed by atoms with van der Waals surface area (Å²) in [6, 6.07) is 6.16. The molecule has 0 aromatic carbocycles. The normalized spacial score (nSPS) is 11.7. The number of alkyl halides is 3. The number of halogens is 3. The molecule has 0 saturated heterocycles. The summed E-state index contributed by atoms with van der Waals surface area (Å²) in [5.74, 6) is 0.686. The van der Waals surface area contributed by atoms with E-state index >= 15 is 0 Å². The summed E-state index contributed by atoms with van der Waals surface area (Å²) in [5, 5.41) is 7.65. The highest BCUT2D eigenvalue weighted by atomic mass is 19.4. The van der Waals surface area contributed by atoms with E-state index in [2.05, 4.69) is 15.2 Å². The van der Waals surface area contributed by atoms with Crippen molar-refractivity contribution in [3.63, 3.8) is 0 Å². The zero-order valence-corrected chi connectivity index (χ0v) is 12.7. The number of aromatic nitrogens is 5. The predicted octanol–water partition coefficient (Wildman–Crippen LogP) is 2.93. The van der Waals surface area contributed by atoms with Gasteiger partial charge in [0.15, 0.2) is 11.5 Å². The van der Waals surface area contributed by atoms with E-state index in [0.29, 0.717) is 11.4 Å². The molecule has 3 heterocycles. The van der Waals surface area contributed by atoms with Crippen molar-refractivity contribution in [1.82, 2.24) is 24.5 Å². The van der Waals surface area contributed by atoms with Crippen LogP contribution in [0.5, 0.6) is 5.88 Å². The predicted molar refractivity (Wildman–Crippen MR) is 78.9 cm³/mol. The van der Waals surface area contributed by atoms with Gasteiger partial charge in [0.05, 0.1) is 13.2 Å². The minimum atomic E-state index is -4.51. The van der Waals surface area contributed by atoms with E-state index in [9.17, 15) is 13.2 Å². The smallest absolute Gasteiger partial charge is 0.435 e. The Labute approximate surface area is 135 Å². The van der Waals surface area contributed by atoms with Gasteiger partial charge in [-0.15, -0.1) is 0 Å². The second-order valence-electron chi connectivity index (χ2n) is 4.93. The maximum Gasteiger partial charge on any atom is 0.435 e. The van der Waals surface area contributed by atoms with E-state index < -0.39 is 11.9 Å². The molecule has 0 amide bonds. The molecule has 24 heavy (non-hydrogen) atoms. The van der Waals surface area contributed by atoms with E-state index in [1.54, 1.807) is 48.4 Å². The van der Waals surface area contributed by atoms with Crippen LogP contribution in [0.3, 0.4) is 0 Å². The van der Waals surface area contributed by atoms with Crippen LogP contribution < -0.4 is 4.74 Å². The molecule has 3 rings (SSSR count). The highest BCUT2D eigenvalue weighted by Crippen LogP contribution is 2.31. The molecule has 126 valence electrons. The van der Waals surface area contributed by atoms with Gasteiger partial charge in [0.2, 0.25) is 5.88 Å². The zero-order valence-electron chi connectivity index (χ0n) is 12.7. The molecule has 0 bridgehead atoms. The first-order valence-corrected chi connectivity index (χ1v) is 7.20. The minimum Gasteiger partial charge on any atom is -0.478 e. The van der Waals surface area contributed by atoms with Crippen LogP contribution in [0.25, 0.3) is 5.82 Å². The molecule has 6 nitrogen and oxygen atoms in total. The molecule has 0 radical (unpaired) electrons. The third kappa shape index (κ3) is 3.39. The van der Waals surface area contributed by atoms with Crippen molar-refractivity contribution in [2.45, 2.75) is 19.6 Å². The molecular weight excluding hydrogens is 323 g/mol. The van der Waals surface area contributed by atoms with E-state index in [1.807, 2.05) is 0 Å². The average molecular weight is 337 g/mol. The molecule has 0 N–H and O–H groups in total. The largest absolute Gasteiger partial charge is 0.478 e. The first-order valence-electron chi connectivity index (χ1n) is 7.20. The van der Waals surface area contributed by atoms with Crippen LogP contribution >= 0.6 is 0 Å². The highest BCUT2D eigenvalue weighted by molar-refractivity contribution is 5.26. The summed E-state index contributed by atoms with van der Waals surface area (Å²) in [5.41, 5.74) is -0.282. The monoisotopic (exact) mass is 337 g/mol. The summed E-state index contributed by atoms with van der Waals surface area (Å²) in [6.45, 7) is 2.07. The Morgan fingerprint density at radius 3 is 2.67 bits per heavy atom. The Morgan fingerprint density at radius 1 is 1.25 bits per heavy atom. The van der Waals surface area contributed by atoms with Crippen molar-refractivity contribution in [3.05, 3.63) is 54.1 Å².